The summed E-state index contributed by atoms with van der Waals surface area (Å²) in [6.45, 7) is 4.34. The van der Waals surface area contributed by atoms with Crippen LogP contribution in [0.4, 0.5) is 0 Å². The van der Waals surface area contributed by atoms with Crippen LogP contribution in [0.3, 0.4) is 0 Å². The van der Waals surface area contributed by atoms with Crippen LogP contribution in [0.15, 0.2) is 23.1 Å². The second-order valence-corrected chi connectivity index (χ2v) is 7.11. The summed E-state index contributed by atoms with van der Waals surface area (Å²) in [7, 11) is 3.16. The highest BCUT2D eigenvalue weighted by molar-refractivity contribution is 7.15. The van der Waals surface area contributed by atoms with E-state index in [1.807, 2.05) is 13.8 Å². The third-order valence-corrected chi connectivity index (χ3v) is 4.94. The van der Waals surface area contributed by atoms with E-state index in [0.29, 0.717) is 11.3 Å². The number of hydrogen-bond donors (Lipinski definition) is 1. The number of methoxy groups -OCH3 is 1. The molecule has 0 saturated carbocycles. The number of amides is 1. The minimum atomic E-state index is -0.321. The molecule has 0 aromatic carbocycles. The largest absolute Gasteiger partial charge is 0.479 e. The number of nitrogens with one attached hydrogen (secondary N) is 1. The lowest BCUT2D eigenvalue weighted by Crippen LogP contribution is -2.32. The highest BCUT2D eigenvalue weighted by atomic mass is 32.1. The molecule has 0 atom stereocenters. The van der Waals surface area contributed by atoms with Crippen molar-refractivity contribution >= 4 is 17.2 Å². The third-order valence-electron chi connectivity index (χ3n) is 3.84. The first-order valence-electron chi connectivity index (χ1n) is 8.27. The molecule has 9 nitrogen and oxygen atoms in total. The van der Waals surface area contributed by atoms with E-state index >= 15 is 0 Å². The van der Waals surface area contributed by atoms with Crippen molar-refractivity contribution in [3.8, 4) is 16.5 Å². The number of carbonyl (C=O) groups is 1. The van der Waals surface area contributed by atoms with E-state index in [0.717, 1.165) is 15.6 Å². The molecule has 3 heterocycles. The van der Waals surface area contributed by atoms with Crippen molar-refractivity contribution in [1.82, 2.24) is 29.9 Å². The maximum Gasteiger partial charge on any atom is 0.266 e. The minimum absolute atomic E-state index is 0.231. The Bertz CT molecular complexity index is 1040. The smallest absolute Gasteiger partial charge is 0.266 e. The summed E-state index contributed by atoms with van der Waals surface area (Å²) in [6.07, 6.45) is 1.58. The van der Waals surface area contributed by atoms with Gasteiger partial charge in [-0.25, -0.2) is 9.67 Å². The lowest BCUT2D eigenvalue weighted by molar-refractivity contribution is 0.0948. The number of nitrogens with zero attached hydrogens (tertiary/aromatic N) is 5. The molecule has 3 aromatic rings. The Morgan fingerprint density at radius 3 is 2.74 bits per heavy atom. The first-order valence-corrected chi connectivity index (χ1v) is 9.09. The van der Waals surface area contributed by atoms with E-state index in [9.17, 15) is 9.59 Å². The average molecular weight is 388 g/mol. The van der Waals surface area contributed by atoms with E-state index in [2.05, 4.69) is 20.5 Å². The maximum atomic E-state index is 12.3. The number of thiazole rings is 1. The van der Waals surface area contributed by atoms with Gasteiger partial charge in [0, 0.05) is 25.9 Å². The molecule has 0 saturated heterocycles. The maximum absolute atomic E-state index is 12.3. The fourth-order valence-electron chi connectivity index (χ4n) is 2.64. The summed E-state index contributed by atoms with van der Waals surface area (Å²) < 4.78 is 7.92. The van der Waals surface area contributed by atoms with Crippen molar-refractivity contribution in [3.05, 3.63) is 44.9 Å². The SMILES string of the molecule is COc1nn(C)cc1C(=O)NCCn1nc(-c2sc(C)nc2C)ccc1=O. The number of aryl methyl sites for hydroxylation is 3. The molecule has 0 spiro atoms. The molecule has 0 radical (unpaired) electrons. The van der Waals surface area contributed by atoms with Gasteiger partial charge in [0.05, 0.1) is 29.2 Å². The molecule has 0 fully saturated rings. The van der Waals surface area contributed by atoms with Crippen molar-refractivity contribution in [2.24, 2.45) is 7.05 Å². The first kappa shape index (κ1) is 18.8. The Morgan fingerprint density at radius 2 is 2.07 bits per heavy atom. The van der Waals surface area contributed by atoms with Crippen LogP contribution in [0.2, 0.25) is 0 Å². The van der Waals surface area contributed by atoms with Crippen molar-refractivity contribution in [2.75, 3.05) is 13.7 Å². The number of hydrogen-bond acceptors (Lipinski definition) is 7. The summed E-state index contributed by atoms with van der Waals surface area (Å²) in [4.78, 5) is 29.7. The van der Waals surface area contributed by atoms with Crippen LogP contribution < -0.4 is 15.6 Å². The molecule has 0 aliphatic carbocycles. The van der Waals surface area contributed by atoms with Gasteiger partial charge in [0.15, 0.2) is 0 Å². The highest BCUT2D eigenvalue weighted by Gasteiger charge is 2.16. The van der Waals surface area contributed by atoms with Crippen LogP contribution in [0.1, 0.15) is 21.1 Å². The molecular formula is C17H20N6O3S. The molecule has 0 unspecified atom stereocenters. The highest BCUT2D eigenvalue weighted by Crippen LogP contribution is 2.27. The van der Waals surface area contributed by atoms with E-state index in [1.165, 1.54) is 33.9 Å². The molecule has 0 bridgehead atoms. The lowest BCUT2D eigenvalue weighted by Gasteiger charge is -2.08. The van der Waals surface area contributed by atoms with Crippen LogP contribution >= 0.6 is 11.3 Å². The van der Waals surface area contributed by atoms with Gasteiger partial charge in [-0.3, -0.25) is 14.3 Å². The number of ether oxygens (including phenoxy) is 1. The molecule has 1 N–H and O–H groups in total. The Balaban J connectivity index is 1.71. The van der Waals surface area contributed by atoms with Gasteiger partial charge in [-0.2, -0.15) is 5.10 Å². The topological polar surface area (TPSA) is 104 Å². The zero-order valence-corrected chi connectivity index (χ0v) is 16.3. The van der Waals surface area contributed by atoms with Gasteiger partial charge in [-0.05, 0) is 19.9 Å². The zero-order valence-electron chi connectivity index (χ0n) is 15.5. The van der Waals surface area contributed by atoms with E-state index in [4.69, 9.17) is 4.74 Å². The molecule has 27 heavy (non-hydrogen) atoms. The number of carbonyl (C=O) groups excluding carboxylic acids is 1. The Morgan fingerprint density at radius 1 is 1.30 bits per heavy atom. The van der Waals surface area contributed by atoms with Crippen molar-refractivity contribution < 1.29 is 9.53 Å². The first-order chi connectivity index (χ1) is 12.9. The number of rotatable bonds is 6. The van der Waals surface area contributed by atoms with E-state index in [1.54, 1.807) is 19.3 Å². The van der Waals surface area contributed by atoms with E-state index < -0.39 is 0 Å². The second kappa shape index (κ2) is 7.70. The lowest BCUT2D eigenvalue weighted by atomic mass is 10.3. The van der Waals surface area contributed by atoms with Crippen LogP contribution in [0, 0.1) is 13.8 Å². The monoisotopic (exact) mass is 388 g/mol. The number of aromatic nitrogens is 5. The quantitative estimate of drug-likeness (QED) is 0.679. The summed E-state index contributed by atoms with van der Waals surface area (Å²) in [5, 5.41) is 12.2. The standard InChI is InChI=1S/C17H20N6O3S/c1-10-15(27-11(2)19-10)13-5-6-14(24)23(20-13)8-7-18-16(25)12-9-22(3)21-17(12)26-4/h5-6,9H,7-8H2,1-4H3,(H,18,25). The molecular weight excluding hydrogens is 368 g/mol. The van der Waals surface area contributed by atoms with Gasteiger partial charge in [0.1, 0.15) is 11.3 Å². The summed E-state index contributed by atoms with van der Waals surface area (Å²) in [5.41, 5.74) is 1.68. The van der Waals surface area contributed by atoms with Crippen molar-refractivity contribution in [1.29, 1.82) is 0 Å². The van der Waals surface area contributed by atoms with Crippen LogP contribution in [-0.2, 0) is 13.6 Å². The van der Waals surface area contributed by atoms with E-state index in [-0.39, 0.29) is 30.4 Å². The average Bonchev–Trinajstić information content (AvgIpc) is 3.17. The fourth-order valence-corrected chi connectivity index (χ4v) is 3.53. The third kappa shape index (κ3) is 4.05. The van der Waals surface area contributed by atoms with Crippen molar-refractivity contribution in [2.45, 2.75) is 20.4 Å². The van der Waals surface area contributed by atoms with Gasteiger partial charge < -0.3 is 10.1 Å². The molecule has 0 aliphatic rings. The molecule has 0 aliphatic heterocycles. The second-order valence-electron chi connectivity index (χ2n) is 5.91. The van der Waals surface area contributed by atoms with Gasteiger partial charge in [0.25, 0.3) is 11.5 Å². The summed E-state index contributed by atoms with van der Waals surface area (Å²) in [5.74, 6) is -0.0681. The Hall–Kier alpha value is -3.01. The van der Waals surface area contributed by atoms with Crippen molar-refractivity contribution in [3.63, 3.8) is 0 Å². The molecule has 3 rings (SSSR count). The summed E-state index contributed by atoms with van der Waals surface area (Å²) in [6, 6.07) is 3.17. The van der Waals surface area contributed by atoms with Gasteiger partial charge in [-0.1, -0.05) is 0 Å². The normalized spacial score (nSPS) is 10.8. The summed E-state index contributed by atoms with van der Waals surface area (Å²) >= 11 is 1.53. The van der Waals surface area contributed by atoms with Gasteiger partial charge in [0.2, 0.25) is 5.88 Å². The van der Waals surface area contributed by atoms with Crippen LogP contribution in [0.25, 0.3) is 10.6 Å². The zero-order chi connectivity index (χ0) is 19.6. The predicted octanol–water partition coefficient (Wildman–Crippen LogP) is 1.16. The van der Waals surface area contributed by atoms with Gasteiger partial charge in [-0.15, -0.1) is 16.4 Å². The molecule has 1 amide bonds. The fraction of sp³-hybridized carbons (Fsp3) is 0.353. The van der Waals surface area contributed by atoms with Crippen LogP contribution in [0.5, 0.6) is 5.88 Å². The predicted molar refractivity (Wildman–Crippen MR) is 101 cm³/mol. The Kier molecular flexibility index (Phi) is 5.36. The Labute approximate surface area is 159 Å². The molecule has 3 aromatic heterocycles. The molecule has 10 heteroatoms. The van der Waals surface area contributed by atoms with Gasteiger partial charge >= 0.3 is 0 Å². The minimum Gasteiger partial charge on any atom is -0.479 e. The van der Waals surface area contributed by atoms with Crippen LogP contribution in [-0.4, -0.2) is 44.1 Å². The molecule has 142 valence electrons.